The van der Waals surface area contributed by atoms with E-state index in [4.69, 9.17) is 0 Å². The highest BCUT2D eigenvalue weighted by Gasteiger charge is 1.97. The monoisotopic (exact) mass is 494 g/mol. The normalized spacial score (nSPS) is 11.4. The molecule has 0 amide bonds. The van der Waals surface area contributed by atoms with E-state index in [-0.39, 0.29) is 0 Å². The van der Waals surface area contributed by atoms with Crippen LogP contribution in [-0.4, -0.2) is 11.5 Å². The lowest BCUT2D eigenvalue weighted by atomic mass is 10.1. The second kappa shape index (κ2) is 30.4. The van der Waals surface area contributed by atoms with E-state index in [1.807, 2.05) is 19.7 Å². The van der Waals surface area contributed by atoms with Gasteiger partial charge in [-0.2, -0.15) is 0 Å². The van der Waals surface area contributed by atoms with Crippen LogP contribution in [0.1, 0.15) is 155 Å². The van der Waals surface area contributed by atoms with Crippen LogP contribution in [0, 0.1) is 0 Å². The van der Waals surface area contributed by atoms with Gasteiger partial charge in [-0.1, -0.05) is 164 Å². The first-order chi connectivity index (χ1) is 14.9. The Morgan fingerprint density at radius 3 is 0.800 bits per heavy atom. The SMILES string of the molecule is CCCCCCCCCCCCCSSSSCCCCCCCCCCCCC. The van der Waals surface area contributed by atoms with E-state index in [1.165, 1.54) is 153 Å². The summed E-state index contributed by atoms with van der Waals surface area (Å²) in [6.45, 7) is 4.60. The third-order valence-electron chi connectivity index (χ3n) is 5.79. The highest BCUT2D eigenvalue weighted by atomic mass is 33.7. The van der Waals surface area contributed by atoms with Crippen molar-refractivity contribution in [3.8, 4) is 0 Å². The van der Waals surface area contributed by atoms with Gasteiger partial charge in [0.2, 0.25) is 0 Å². The molecule has 0 aliphatic carbocycles. The fourth-order valence-electron chi connectivity index (χ4n) is 3.76. The van der Waals surface area contributed by atoms with Crippen LogP contribution in [0.2, 0.25) is 0 Å². The van der Waals surface area contributed by atoms with Crippen molar-refractivity contribution in [2.75, 3.05) is 11.5 Å². The van der Waals surface area contributed by atoms with Gasteiger partial charge in [-0.25, -0.2) is 0 Å². The molecule has 0 saturated carbocycles. The van der Waals surface area contributed by atoms with Gasteiger partial charge in [-0.3, -0.25) is 0 Å². The largest absolute Gasteiger partial charge is 0.0817 e. The fourth-order valence-corrected chi connectivity index (χ4v) is 10.0. The van der Waals surface area contributed by atoms with E-state index in [0.717, 1.165) is 0 Å². The van der Waals surface area contributed by atoms with Gasteiger partial charge in [0.15, 0.2) is 0 Å². The molecule has 0 unspecified atom stereocenters. The molecular weight excluding hydrogens is 441 g/mol. The average Bonchev–Trinajstić information content (AvgIpc) is 2.76. The minimum Gasteiger partial charge on any atom is -0.0817 e. The Kier molecular flexibility index (Phi) is 31.8. The zero-order valence-corrected chi connectivity index (χ0v) is 23.9. The van der Waals surface area contributed by atoms with Crippen molar-refractivity contribution in [1.82, 2.24) is 0 Å². The Hall–Kier alpha value is 1.40. The molecular formula is C26H54S4. The Morgan fingerprint density at radius 2 is 0.533 bits per heavy atom. The summed E-state index contributed by atoms with van der Waals surface area (Å²) in [5, 5.41) is 0. The maximum Gasteiger partial charge on any atom is 0.00454 e. The molecule has 182 valence electrons. The zero-order valence-electron chi connectivity index (χ0n) is 20.6. The van der Waals surface area contributed by atoms with Crippen molar-refractivity contribution < 1.29 is 0 Å². The van der Waals surface area contributed by atoms with Crippen molar-refractivity contribution in [2.24, 2.45) is 0 Å². The molecule has 0 bridgehead atoms. The number of hydrogen-bond donors (Lipinski definition) is 0. The minimum atomic E-state index is 1.34. The Bertz CT molecular complexity index is 258. The molecule has 0 aromatic heterocycles. The van der Waals surface area contributed by atoms with E-state index in [0.29, 0.717) is 0 Å². The van der Waals surface area contributed by atoms with Crippen molar-refractivity contribution in [1.29, 1.82) is 0 Å². The van der Waals surface area contributed by atoms with Crippen LogP contribution >= 0.6 is 41.2 Å². The standard InChI is InChI=1S/C26H54S4/c1-3-5-7-9-11-13-15-17-19-21-23-25-27-29-30-28-26-24-22-20-18-16-14-12-10-8-6-4-2/h3-26H2,1-2H3. The van der Waals surface area contributed by atoms with Crippen LogP contribution in [-0.2, 0) is 0 Å². The molecule has 0 saturated heterocycles. The summed E-state index contributed by atoms with van der Waals surface area (Å²) in [6, 6.07) is 0. The maximum atomic E-state index is 2.30. The lowest BCUT2D eigenvalue weighted by Crippen LogP contribution is -1.83. The van der Waals surface area contributed by atoms with Crippen molar-refractivity contribution in [3.05, 3.63) is 0 Å². The summed E-state index contributed by atoms with van der Waals surface area (Å²) < 4.78 is 0. The first kappa shape index (κ1) is 31.4. The van der Waals surface area contributed by atoms with E-state index in [1.54, 1.807) is 0 Å². The average molecular weight is 495 g/mol. The number of rotatable bonds is 27. The molecule has 0 spiro atoms. The molecule has 0 aliphatic rings. The minimum absolute atomic E-state index is 1.34. The van der Waals surface area contributed by atoms with Gasteiger partial charge in [-0.05, 0) is 32.5 Å². The van der Waals surface area contributed by atoms with Gasteiger partial charge in [0.05, 0.1) is 0 Å². The summed E-state index contributed by atoms with van der Waals surface area (Å²) >= 11 is 0. The molecule has 0 fully saturated rings. The topological polar surface area (TPSA) is 0 Å². The van der Waals surface area contributed by atoms with Crippen LogP contribution in [0.3, 0.4) is 0 Å². The van der Waals surface area contributed by atoms with Crippen LogP contribution in [0.4, 0.5) is 0 Å². The molecule has 0 aromatic carbocycles. The summed E-state index contributed by atoms with van der Waals surface area (Å²) in [4.78, 5) is 0. The molecule has 0 radical (unpaired) electrons. The lowest BCUT2D eigenvalue weighted by molar-refractivity contribution is 0.555. The maximum absolute atomic E-state index is 2.30. The van der Waals surface area contributed by atoms with Gasteiger partial charge < -0.3 is 0 Å². The van der Waals surface area contributed by atoms with Crippen molar-refractivity contribution in [2.45, 2.75) is 155 Å². The first-order valence-electron chi connectivity index (χ1n) is 13.5. The number of hydrogen-bond acceptors (Lipinski definition) is 4. The summed E-state index contributed by atoms with van der Waals surface area (Å²) in [5.41, 5.74) is 0. The summed E-state index contributed by atoms with van der Waals surface area (Å²) in [7, 11) is 8.18. The second-order valence-electron chi connectivity index (χ2n) is 8.85. The molecule has 0 rings (SSSR count). The Morgan fingerprint density at radius 1 is 0.300 bits per heavy atom. The summed E-state index contributed by atoms with van der Waals surface area (Å²) in [6.07, 6.45) is 31.9. The number of unbranched alkanes of at least 4 members (excludes halogenated alkanes) is 20. The molecule has 0 atom stereocenters. The second-order valence-corrected chi connectivity index (χ2v) is 15.1. The van der Waals surface area contributed by atoms with Gasteiger partial charge >= 0.3 is 0 Å². The van der Waals surface area contributed by atoms with Crippen LogP contribution < -0.4 is 0 Å². The Balaban J connectivity index is 2.97. The van der Waals surface area contributed by atoms with Crippen molar-refractivity contribution >= 4 is 41.2 Å². The van der Waals surface area contributed by atoms with Gasteiger partial charge in [0, 0.05) is 11.5 Å². The van der Waals surface area contributed by atoms with Gasteiger partial charge in [0.25, 0.3) is 0 Å². The van der Waals surface area contributed by atoms with E-state index in [9.17, 15) is 0 Å². The van der Waals surface area contributed by atoms with Crippen molar-refractivity contribution in [3.63, 3.8) is 0 Å². The van der Waals surface area contributed by atoms with E-state index < -0.39 is 0 Å². The molecule has 0 aliphatic heterocycles. The molecule has 0 heterocycles. The third-order valence-corrected chi connectivity index (χ3v) is 12.4. The quantitative estimate of drug-likeness (QED) is 0.0821. The predicted molar refractivity (Wildman–Crippen MR) is 153 cm³/mol. The fraction of sp³-hybridized carbons (Fsp3) is 1.00. The molecule has 30 heavy (non-hydrogen) atoms. The van der Waals surface area contributed by atoms with Gasteiger partial charge in [-0.15, -0.1) is 0 Å². The smallest absolute Gasteiger partial charge is 0.00454 e. The van der Waals surface area contributed by atoms with Crippen LogP contribution in [0.15, 0.2) is 0 Å². The highest BCUT2D eigenvalue weighted by molar-refractivity contribution is 9.26. The molecule has 0 N–H and O–H groups in total. The predicted octanol–water partition coefficient (Wildman–Crippen LogP) is 12.3. The first-order valence-corrected chi connectivity index (χ1v) is 18.6. The zero-order chi connectivity index (χ0) is 21.8. The summed E-state index contributed by atoms with van der Waals surface area (Å²) in [5.74, 6) is 2.68. The van der Waals surface area contributed by atoms with Crippen LogP contribution in [0.25, 0.3) is 0 Å². The van der Waals surface area contributed by atoms with Gasteiger partial charge in [0.1, 0.15) is 0 Å². The van der Waals surface area contributed by atoms with Crippen LogP contribution in [0.5, 0.6) is 0 Å². The third kappa shape index (κ3) is 29.4. The van der Waals surface area contributed by atoms with E-state index >= 15 is 0 Å². The lowest BCUT2D eigenvalue weighted by Gasteiger charge is -2.03. The Labute approximate surface area is 207 Å². The highest BCUT2D eigenvalue weighted by Crippen LogP contribution is 2.43. The molecule has 4 heteroatoms. The molecule has 0 nitrogen and oxygen atoms in total. The molecule has 0 aromatic rings. The van der Waals surface area contributed by atoms with E-state index in [2.05, 4.69) is 35.4 Å².